The molecule has 4 N–H and O–H groups in total. The Hall–Kier alpha value is -1.69. The molecule has 1 aromatic heterocycles. The molecule has 0 saturated heterocycles. The van der Waals surface area contributed by atoms with Crippen molar-refractivity contribution in [1.29, 1.82) is 0 Å². The number of rotatable bonds is 7. The maximum absolute atomic E-state index is 11.0. The fourth-order valence-electron chi connectivity index (χ4n) is 1.53. The third kappa shape index (κ3) is 4.29. The molecule has 0 aliphatic rings. The number of anilines is 1. The molecule has 1 aromatic rings. The molecular weight excluding hydrogens is 248 g/mol. The highest BCUT2D eigenvalue weighted by molar-refractivity contribution is 7.80. The number of hydrogen-bond donors (Lipinski definition) is 2. The van der Waals surface area contributed by atoms with Gasteiger partial charge < -0.3 is 16.4 Å². The molecule has 18 heavy (non-hydrogen) atoms. The second kappa shape index (κ2) is 6.90. The van der Waals surface area contributed by atoms with Gasteiger partial charge in [-0.3, -0.25) is 4.79 Å². The van der Waals surface area contributed by atoms with E-state index in [1.807, 2.05) is 4.90 Å². The van der Waals surface area contributed by atoms with Crippen LogP contribution in [0.3, 0.4) is 0 Å². The van der Waals surface area contributed by atoms with Crippen LogP contribution in [0.5, 0.6) is 0 Å². The van der Waals surface area contributed by atoms with Gasteiger partial charge in [0.2, 0.25) is 5.91 Å². The van der Waals surface area contributed by atoms with Crippen molar-refractivity contribution in [2.24, 2.45) is 11.5 Å². The van der Waals surface area contributed by atoms with E-state index in [-0.39, 0.29) is 12.5 Å². The maximum atomic E-state index is 11.0. The summed E-state index contributed by atoms with van der Waals surface area (Å²) in [6.07, 6.45) is 3.63. The fourth-order valence-corrected chi connectivity index (χ4v) is 1.65. The Morgan fingerprint density at radius 3 is 2.61 bits per heavy atom. The van der Waals surface area contributed by atoms with Gasteiger partial charge in [-0.05, 0) is 18.6 Å². The van der Waals surface area contributed by atoms with Gasteiger partial charge in [-0.25, -0.2) is 4.98 Å². The zero-order valence-corrected chi connectivity index (χ0v) is 11.2. The summed E-state index contributed by atoms with van der Waals surface area (Å²) < 4.78 is 0. The third-order valence-corrected chi connectivity index (χ3v) is 2.72. The van der Waals surface area contributed by atoms with Crippen molar-refractivity contribution < 1.29 is 4.79 Å². The predicted molar refractivity (Wildman–Crippen MR) is 76.4 cm³/mol. The Balaban J connectivity index is 2.83. The van der Waals surface area contributed by atoms with Crippen molar-refractivity contribution >= 4 is 28.9 Å². The highest BCUT2D eigenvalue weighted by Crippen LogP contribution is 2.12. The number of aromatic nitrogens is 1. The Morgan fingerprint density at radius 1 is 1.44 bits per heavy atom. The number of thiocarbonyl (C=S) groups is 1. The highest BCUT2D eigenvalue weighted by atomic mass is 32.1. The zero-order valence-electron chi connectivity index (χ0n) is 10.4. The van der Waals surface area contributed by atoms with Gasteiger partial charge in [-0.1, -0.05) is 25.6 Å². The van der Waals surface area contributed by atoms with Gasteiger partial charge in [0.25, 0.3) is 0 Å². The molecule has 0 bridgehead atoms. The smallest absolute Gasteiger partial charge is 0.236 e. The van der Waals surface area contributed by atoms with Crippen molar-refractivity contribution in [2.45, 2.75) is 19.8 Å². The second-order valence-corrected chi connectivity index (χ2v) is 4.45. The van der Waals surface area contributed by atoms with Crippen LogP contribution in [0.4, 0.5) is 5.82 Å². The lowest BCUT2D eigenvalue weighted by molar-refractivity contribution is -0.116. The molecule has 5 nitrogen and oxygen atoms in total. The van der Waals surface area contributed by atoms with E-state index >= 15 is 0 Å². The Morgan fingerprint density at radius 2 is 2.17 bits per heavy atom. The number of pyridine rings is 1. The van der Waals surface area contributed by atoms with Gasteiger partial charge in [-0.2, -0.15) is 0 Å². The number of carbonyl (C=O) groups excluding carboxylic acids is 1. The van der Waals surface area contributed by atoms with Gasteiger partial charge >= 0.3 is 0 Å². The van der Waals surface area contributed by atoms with E-state index in [9.17, 15) is 4.79 Å². The van der Waals surface area contributed by atoms with E-state index in [1.54, 1.807) is 18.3 Å². The fraction of sp³-hybridized carbons (Fsp3) is 0.417. The highest BCUT2D eigenvalue weighted by Gasteiger charge is 2.10. The summed E-state index contributed by atoms with van der Waals surface area (Å²) in [6.45, 7) is 3.00. The molecule has 1 heterocycles. The number of nitrogens with two attached hydrogens (primary N) is 2. The molecule has 0 atom stereocenters. The zero-order chi connectivity index (χ0) is 13.5. The number of carbonyl (C=O) groups is 1. The molecule has 0 aliphatic heterocycles. The van der Waals surface area contributed by atoms with Crippen LogP contribution in [-0.2, 0) is 4.79 Å². The monoisotopic (exact) mass is 266 g/mol. The third-order valence-electron chi connectivity index (χ3n) is 2.48. The van der Waals surface area contributed by atoms with Crippen LogP contribution in [0.15, 0.2) is 18.3 Å². The molecular formula is C12H18N4OS. The summed E-state index contributed by atoms with van der Waals surface area (Å²) in [4.78, 5) is 17.5. The minimum absolute atomic E-state index is 0.166. The molecule has 0 unspecified atom stereocenters. The van der Waals surface area contributed by atoms with Crippen LogP contribution in [0.2, 0.25) is 0 Å². The van der Waals surface area contributed by atoms with Crippen molar-refractivity contribution in [3.05, 3.63) is 23.9 Å². The van der Waals surface area contributed by atoms with Gasteiger partial charge in [0.05, 0.1) is 6.54 Å². The first-order chi connectivity index (χ1) is 8.54. The minimum Gasteiger partial charge on any atom is -0.389 e. The topological polar surface area (TPSA) is 85.2 Å². The standard InChI is InChI=1S/C12H18N4OS/c1-2-3-6-16(8-10(13)17)11-5-4-9(7-15-11)12(14)18/h4-5,7H,2-3,6,8H2,1H3,(H2,13,17)(H2,14,18). The number of amides is 1. The van der Waals surface area contributed by atoms with Crippen LogP contribution in [-0.4, -0.2) is 29.0 Å². The van der Waals surface area contributed by atoms with Crippen LogP contribution in [0.25, 0.3) is 0 Å². The van der Waals surface area contributed by atoms with Crippen molar-refractivity contribution in [3.63, 3.8) is 0 Å². The Labute approximate surface area is 112 Å². The maximum Gasteiger partial charge on any atom is 0.236 e. The number of hydrogen-bond acceptors (Lipinski definition) is 4. The first-order valence-corrected chi connectivity index (χ1v) is 6.24. The Bertz CT molecular complexity index is 419. The van der Waals surface area contributed by atoms with Gasteiger partial charge in [0, 0.05) is 18.3 Å². The molecule has 0 aromatic carbocycles. The number of nitrogens with zero attached hydrogens (tertiary/aromatic N) is 2. The molecule has 0 radical (unpaired) electrons. The van der Waals surface area contributed by atoms with Crippen LogP contribution in [0.1, 0.15) is 25.3 Å². The molecule has 0 saturated carbocycles. The first kappa shape index (κ1) is 14.4. The summed E-state index contributed by atoms with van der Waals surface area (Å²) in [5.41, 5.74) is 11.4. The summed E-state index contributed by atoms with van der Waals surface area (Å²) in [7, 11) is 0. The van der Waals surface area contributed by atoms with E-state index < -0.39 is 0 Å². The summed E-state index contributed by atoms with van der Waals surface area (Å²) in [5, 5.41) is 0. The lowest BCUT2D eigenvalue weighted by Crippen LogP contribution is -2.35. The lowest BCUT2D eigenvalue weighted by atomic mass is 10.2. The van der Waals surface area contributed by atoms with E-state index in [0.29, 0.717) is 16.4 Å². The Kier molecular flexibility index (Phi) is 5.51. The molecule has 98 valence electrons. The van der Waals surface area contributed by atoms with Crippen molar-refractivity contribution in [2.75, 3.05) is 18.0 Å². The van der Waals surface area contributed by atoms with E-state index in [0.717, 1.165) is 19.4 Å². The minimum atomic E-state index is -0.369. The molecule has 0 fully saturated rings. The van der Waals surface area contributed by atoms with Crippen molar-refractivity contribution in [3.8, 4) is 0 Å². The van der Waals surface area contributed by atoms with Crippen LogP contribution in [0, 0.1) is 0 Å². The van der Waals surface area contributed by atoms with Gasteiger partial charge in [0.15, 0.2) is 0 Å². The average Bonchev–Trinajstić information content (AvgIpc) is 2.34. The largest absolute Gasteiger partial charge is 0.389 e. The molecule has 1 amide bonds. The quantitative estimate of drug-likeness (QED) is 0.713. The van der Waals surface area contributed by atoms with E-state index in [2.05, 4.69) is 11.9 Å². The summed E-state index contributed by atoms with van der Waals surface area (Å²) in [5.74, 6) is 0.341. The molecule has 1 rings (SSSR count). The summed E-state index contributed by atoms with van der Waals surface area (Å²) in [6, 6.07) is 3.59. The summed E-state index contributed by atoms with van der Waals surface area (Å²) >= 11 is 4.86. The van der Waals surface area contributed by atoms with E-state index in [1.165, 1.54) is 0 Å². The van der Waals surface area contributed by atoms with E-state index in [4.69, 9.17) is 23.7 Å². The number of primary amides is 1. The average molecular weight is 266 g/mol. The molecule has 0 aliphatic carbocycles. The predicted octanol–water partition coefficient (Wildman–Crippen LogP) is 0.808. The number of unbranched alkanes of at least 4 members (excludes halogenated alkanes) is 1. The van der Waals surface area contributed by atoms with Gasteiger partial charge in [0.1, 0.15) is 10.8 Å². The molecule has 0 spiro atoms. The normalized spacial score (nSPS) is 10.1. The SMILES string of the molecule is CCCCN(CC(N)=O)c1ccc(C(N)=S)cn1. The molecule has 6 heteroatoms. The van der Waals surface area contributed by atoms with Crippen LogP contribution >= 0.6 is 12.2 Å². The first-order valence-electron chi connectivity index (χ1n) is 5.83. The van der Waals surface area contributed by atoms with Crippen molar-refractivity contribution in [1.82, 2.24) is 4.98 Å². The second-order valence-electron chi connectivity index (χ2n) is 4.01. The lowest BCUT2D eigenvalue weighted by Gasteiger charge is -2.22. The van der Waals surface area contributed by atoms with Gasteiger partial charge in [-0.15, -0.1) is 0 Å². The van der Waals surface area contributed by atoms with Crippen LogP contribution < -0.4 is 16.4 Å².